The van der Waals surface area contributed by atoms with E-state index in [0.717, 1.165) is 28.5 Å². The van der Waals surface area contributed by atoms with Crippen LogP contribution in [0.1, 0.15) is 16.7 Å². The molecule has 3 aromatic carbocycles. The number of thioether (sulfide) groups is 1. The van der Waals surface area contributed by atoms with Gasteiger partial charge in [-0.1, -0.05) is 88.6 Å². The number of halogens is 3. The van der Waals surface area contributed by atoms with E-state index in [2.05, 4.69) is 15.2 Å². The summed E-state index contributed by atoms with van der Waals surface area (Å²) >= 11 is 20.4. The standard InChI is InChI=1S/C37H33Cl3N6O8S2/c1-53-25-9-7-22(8-10-25)19-54-35(50)30-23(20-55-34-29(33(49)45(30)34)41-28(47)15-21-5-3-2-4-6-21)18-43-11-13-44(14-12-43)36-42-32(48)26-16-24(37(38,39)40)17-27(46(51)52)31(26)56-36/h2-10,16-17,29,34H,11-15,18-20H2,1H3,(H,41,47)/t29-,34?/m1/s1. The Kier molecular flexibility index (Phi) is 11.8. The molecule has 19 heteroatoms. The number of aromatic nitrogens is 1. The highest BCUT2D eigenvalue weighted by Gasteiger charge is 2.54. The molecule has 4 aromatic rings. The number of non-ortho nitro benzene ring substituents is 1. The molecule has 2 atom stereocenters. The van der Waals surface area contributed by atoms with Gasteiger partial charge in [0.05, 0.1) is 23.8 Å². The highest BCUT2D eigenvalue weighted by atomic mass is 35.6. The van der Waals surface area contributed by atoms with Gasteiger partial charge in [-0.25, -0.2) is 4.79 Å². The van der Waals surface area contributed by atoms with Crippen molar-refractivity contribution < 1.29 is 28.8 Å². The number of methoxy groups -OCH3 is 1. The minimum atomic E-state index is -1.98. The van der Waals surface area contributed by atoms with Crippen LogP contribution in [-0.2, 0) is 35.9 Å². The van der Waals surface area contributed by atoms with Crippen molar-refractivity contribution in [2.45, 2.75) is 28.2 Å². The molecule has 2 saturated heterocycles. The smallest absolute Gasteiger partial charge is 0.355 e. The topological polar surface area (TPSA) is 165 Å². The van der Waals surface area contributed by atoms with Crippen LogP contribution in [0.4, 0.5) is 10.8 Å². The lowest BCUT2D eigenvalue weighted by Gasteiger charge is -2.50. The first-order valence-corrected chi connectivity index (χ1v) is 20.3. The molecule has 4 heterocycles. The van der Waals surface area contributed by atoms with Crippen molar-refractivity contribution in [2.24, 2.45) is 0 Å². The van der Waals surface area contributed by atoms with Crippen LogP contribution in [0.15, 0.2) is 82.8 Å². The number of β-lactam (4-membered cyclic amide) rings is 1. The Balaban J connectivity index is 1.08. The molecule has 14 nitrogen and oxygen atoms in total. The van der Waals surface area contributed by atoms with E-state index in [1.807, 2.05) is 35.2 Å². The van der Waals surface area contributed by atoms with Gasteiger partial charge >= 0.3 is 5.97 Å². The average molecular weight is 860 g/mol. The Morgan fingerprint density at radius 3 is 2.39 bits per heavy atom. The Hall–Kier alpha value is -4.45. The normalized spacial score (nSPS) is 18.7. The number of benzene rings is 3. The number of carbonyl (C=O) groups excluding carboxylic acids is 3. The third-order valence-electron chi connectivity index (χ3n) is 9.57. The number of rotatable bonds is 11. The lowest BCUT2D eigenvalue weighted by Crippen LogP contribution is -2.71. The largest absolute Gasteiger partial charge is 0.497 e. The van der Waals surface area contributed by atoms with Gasteiger partial charge in [0.2, 0.25) is 9.70 Å². The van der Waals surface area contributed by atoms with Gasteiger partial charge in [0.25, 0.3) is 17.2 Å². The van der Waals surface area contributed by atoms with E-state index in [9.17, 15) is 29.3 Å². The Labute approximate surface area is 343 Å². The highest BCUT2D eigenvalue weighted by Crippen LogP contribution is 2.43. The minimum Gasteiger partial charge on any atom is -0.497 e. The van der Waals surface area contributed by atoms with Crippen molar-refractivity contribution >= 4 is 96.6 Å². The van der Waals surface area contributed by atoms with Gasteiger partial charge in [-0.15, -0.1) is 11.8 Å². The summed E-state index contributed by atoms with van der Waals surface area (Å²) < 4.78 is 9.13. The molecule has 3 aliphatic rings. The van der Waals surface area contributed by atoms with Gasteiger partial charge in [0, 0.05) is 50.1 Å². The number of carbonyl (C=O) groups is 3. The van der Waals surface area contributed by atoms with Gasteiger partial charge < -0.3 is 19.7 Å². The molecule has 1 N–H and O–H groups in total. The van der Waals surface area contributed by atoms with Crippen molar-refractivity contribution in [1.29, 1.82) is 0 Å². The number of nitro benzene ring substituents is 1. The maximum atomic E-state index is 13.9. The van der Waals surface area contributed by atoms with Crippen molar-refractivity contribution in [3.63, 3.8) is 0 Å². The molecule has 1 aromatic heterocycles. The summed E-state index contributed by atoms with van der Waals surface area (Å²) in [6.07, 6.45) is 0.117. The minimum absolute atomic E-state index is 0.0112. The van der Waals surface area contributed by atoms with Crippen LogP contribution < -0.4 is 20.5 Å². The van der Waals surface area contributed by atoms with E-state index < -0.39 is 37.6 Å². The van der Waals surface area contributed by atoms with E-state index >= 15 is 0 Å². The number of amides is 2. The molecule has 292 valence electrons. The number of nitrogens with zero attached hydrogens (tertiary/aromatic N) is 5. The van der Waals surface area contributed by atoms with Gasteiger partial charge in [-0.3, -0.25) is 34.3 Å². The van der Waals surface area contributed by atoms with Crippen LogP contribution in [0.5, 0.6) is 5.75 Å². The van der Waals surface area contributed by atoms with E-state index in [0.29, 0.717) is 54.9 Å². The number of piperazine rings is 1. The van der Waals surface area contributed by atoms with Crippen LogP contribution in [0.2, 0.25) is 0 Å². The first-order valence-electron chi connectivity index (χ1n) is 17.3. The van der Waals surface area contributed by atoms with Crippen LogP contribution in [0.25, 0.3) is 10.1 Å². The number of nitrogens with one attached hydrogen (secondary N) is 1. The number of anilines is 1. The zero-order chi connectivity index (χ0) is 39.7. The number of alkyl halides is 3. The number of hydrogen-bond acceptors (Lipinski definition) is 13. The Morgan fingerprint density at radius 2 is 1.73 bits per heavy atom. The third-order valence-corrected chi connectivity index (χ3v) is 12.7. The molecule has 0 spiro atoms. The van der Waals surface area contributed by atoms with Crippen LogP contribution in [0.3, 0.4) is 0 Å². The van der Waals surface area contributed by atoms with Gasteiger partial charge in [-0.05, 0) is 34.9 Å². The van der Waals surface area contributed by atoms with E-state index in [1.165, 1.54) is 22.7 Å². The summed E-state index contributed by atoms with van der Waals surface area (Å²) in [5, 5.41) is 14.7. The molecule has 0 radical (unpaired) electrons. The molecular weight excluding hydrogens is 827 g/mol. The van der Waals surface area contributed by atoms with Crippen LogP contribution in [0, 0.1) is 10.1 Å². The molecule has 1 unspecified atom stereocenters. The second kappa shape index (κ2) is 16.6. The Morgan fingerprint density at radius 1 is 1.02 bits per heavy atom. The maximum absolute atomic E-state index is 13.9. The van der Waals surface area contributed by atoms with E-state index in [-0.39, 0.29) is 46.0 Å². The van der Waals surface area contributed by atoms with Gasteiger partial charge in [-0.2, -0.15) is 4.98 Å². The fourth-order valence-electron chi connectivity index (χ4n) is 6.68. The number of esters is 1. The van der Waals surface area contributed by atoms with Crippen molar-refractivity contribution in [3.05, 3.63) is 115 Å². The summed E-state index contributed by atoms with van der Waals surface area (Å²) in [6, 6.07) is 18.0. The molecule has 7 rings (SSSR count). The lowest BCUT2D eigenvalue weighted by molar-refractivity contribution is -0.382. The monoisotopic (exact) mass is 858 g/mol. The lowest BCUT2D eigenvalue weighted by atomic mass is 10.0. The van der Waals surface area contributed by atoms with Crippen LogP contribution >= 0.6 is 57.9 Å². The molecule has 2 fully saturated rings. The van der Waals surface area contributed by atoms with E-state index in [4.69, 9.17) is 44.3 Å². The molecule has 0 aliphatic carbocycles. The maximum Gasteiger partial charge on any atom is 0.355 e. The molecule has 2 amide bonds. The zero-order valence-electron chi connectivity index (χ0n) is 29.6. The quantitative estimate of drug-likeness (QED) is 0.0694. The van der Waals surface area contributed by atoms with E-state index in [1.54, 1.807) is 31.4 Å². The van der Waals surface area contributed by atoms with Crippen molar-refractivity contribution in [3.8, 4) is 5.75 Å². The predicted molar refractivity (Wildman–Crippen MR) is 215 cm³/mol. The molecule has 3 aliphatic heterocycles. The summed E-state index contributed by atoms with van der Waals surface area (Å²) in [4.78, 5) is 74.6. The predicted octanol–water partition coefficient (Wildman–Crippen LogP) is 5.16. The summed E-state index contributed by atoms with van der Waals surface area (Å²) in [7, 11) is 1.56. The molecule has 56 heavy (non-hydrogen) atoms. The molecular formula is C37H33Cl3N6O8S2. The summed E-state index contributed by atoms with van der Waals surface area (Å²) in [6.45, 7) is 2.16. The van der Waals surface area contributed by atoms with Crippen molar-refractivity contribution in [1.82, 2.24) is 20.1 Å². The highest BCUT2D eigenvalue weighted by molar-refractivity contribution is 8.00. The second-order valence-electron chi connectivity index (χ2n) is 13.2. The number of ether oxygens (including phenoxy) is 2. The SMILES string of the molecule is COc1ccc(COC(=O)C2=C(CN3CCN(c4nc(=O)c5cc(C(Cl)(Cl)Cl)cc([N+](=O)[O-])c5s4)CC3)CSC3[C@H](NC(=O)Cc4ccccc4)C(=O)N23)cc1. The van der Waals surface area contributed by atoms with Gasteiger partial charge in [0.15, 0.2) is 5.13 Å². The fraction of sp³-hybridized carbons (Fsp3) is 0.324. The van der Waals surface area contributed by atoms with Crippen LogP contribution in [-0.4, -0.2) is 94.5 Å². The zero-order valence-corrected chi connectivity index (χ0v) is 33.5. The molecule has 0 bridgehead atoms. The molecule has 0 saturated carbocycles. The Bertz CT molecular complexity index is 2280. The summed E-state index contributed by atoms with van der Waals surface area (Å²) in [5.74, 6) is -0.257. The first kappa shape index (κ1) is 39.8. The number of hydrogen-bond donors (Lipinski definition) is 1. The summed E-state index contributed by atoms with van der Waals surface area (Å²) in [5.41, 5.74) is 1.37. The average Bonchev–Trinajstić information content (AvgIpc) is 3.18. The fourth-order valence-corrected chi connectivity index (χ4v) is 9.46. The first-order chi connectivity index (χ1) is 26.8. The second-order valence-corrected chi connectivity index (χ2v) is 17.5. The third kappa shape index (κ3) is 8.45. The number of fused-ring (bicyclic) bond motifs is 2. The number of nitro groups is 1. The van der Waals surface area contributed by atoms with Crippen molar-refractivity contribution in [2.75, 3.05) is 50.5 Å². The van der Waals surface area contributed by atoms with Gasteiger partial charge in [0.1, 0.15) is 34.2 Å².